The minimum Gasteiger partial charge on any atom is -0.508 e. The van der Waals surface area contributed by atoms with Gasteiger partial charge in [0, 0.05) is 13.1 Å². The molecule has 0 saturated carbocycles. The van der Waals surface area contributed by atoms with Gasteiger partial charge in [0.05, 0.1) is 11.1 Å². The molecule has 3 aromatic rings. The van der Waals surface area contributed by atoms with E-state index in [9.17, 15) is 18.3 Å². The highest BCUT2D eigenvalue weighted by Gasteiger charge is 2.34. The molecule has 3 aromatic carbocycles. The lowest BCUT2D eigenvalue weighted by Crippen LogP contribution is -2.41. The van der Waals surface area contributed by atoms with Gasteiger partial charge in [0.1, 0.15) is 11.8 Å². The van der Waals surface area contributed by atoms with E-state index in [0.29, 0.717) is 24.9 Å². The maximum Gasteiger partial charge on any atom is 0.241 e. The van der Waals surface area contributed by atoms with Crippen LogP contribution in [0.2, 0.25) is 0 Å². The summed E-state index contributed by atoms with van der Waals surface area (Å²) in [6, 6.07) is 16.0. The predicted molar refractivity (Wildman–Crippen MR) is 118 cm³/mol. The second-order valence-corrected chi connectivity index (χ2v) is 9.15. The molecule has 4 rings (SSSR count). The number of aromatic hydroxyl groups is 1. The number of hydrogen-bond donors (Lipinski definition) is 3. The van der Waals surface area contributed by atoms with Gasteiger partial charge in [0.25, 0.3) is 0 Å². The molecule has 0 spiro atoms. The van der Waals surface area contributed by atoms with Gasteiger partial charge >= 0.3 is 0 Å². The molecule has 0 bridgehead atoms. The number of nitrogens with one attached hydrogen (secondary N) is 1. The highest BCUT2D eigenvalue weighted by Crippen LogP contribution is 2.24. The van der Waals surface area contributed by atoms with Crippen molar-refractivity contribution in [2.24, 2.45) is 10.9 Å². The number of fused-ring (bicyclic) bond motifs is 1. The molecule has 31 heavy (non-hydrogen) atoms. The molecule has 1 fully saturated rings. The average molecular weight is 439 g/mol. The molecule has 160 valence electrons. The van der Waals surface area contributed by atoms with Gasteiger partial charge in [-0.25, -0.2) is 8.42 Å². The van der Waals surface area contributed by atoms with Crippen LogP contribution in [0.1, 0.15) is 17.5 Å². The van der Waals surface area contributed by atoms with Crippen LogP contribution in [0.25, 0.3) is 10.8 Å². The molecule has 8 nitrogen and oxygen atoms in total. The molecular formula is C22H22N4O4S. The van der Waals surface area contributed by atoms with Crippen LogP contribution in [-0.2, 0) is 21.4 Å². The molecule has 1 amide bonds. The highest BCUT2D eigenvalue weighted by atomic mass is 32.2. The Morgan fingerprint density at radius 3 is 2.71 bits per heavy atom. The number of rotatable bonds is 6. The Labute approximate surface area is 180 Å². The number of hydrogen-bond acceptors (Lipinski definition) is 6. The fourth-order valence-electron chi connectivity index (χ4n) is 3.72. The molecular weight excluding hydrogens is 416 g/mol. The molecule has 0 unspecified atom stereocenters. The summed E-state index contributed by atoms with van der Waals surface area (Å²) in [4.78, 5) is 14.5. The monoisotopic (exact) mass is 438 g/mol. The molecule has 1 aliphatic heterocycles. The number of likely N-dealkylation sites (tertiary alicyclic amines) is 1. The molecule has 1 heterocycles. The summed E-state index contributed by atoms with van der Waals surface area (Å²) >= 11 is 0. The van der Waals surface area contributed by atoms with Gasteiger partial charge in [-0.15, -0.1) is 0 Å². The molecule has 0 aliphatic carbocycles. The maximum atomic E-state index is 12.9. The van der Waals surface area contributed by atoms with E-state index < -0.39 is 16.1 Å². The van der Waals surface area contributed by atoms with Gasteiger partial charge in [-0.3, -0.25) is 4.79 Å². The third-order valence-corrected chi connectivity index (χ3v) is 6.72. The van der Waals surface area contributed by atoms with E-state index in [0.717, 1.165) is 16.5 Å². The van der Waals surface area contributed by atoms with Gasteiger partial charge in [0.15, 0.2) is 0 Å². The van der Waals surface area contributed by atoms with E-state index in [4.69, 9.17) is 5.84 Å². The molecule has 0 aromatic heterocycles. The van der Waals surface area contributed by atoms with Gasteiger partial charge in [0.2, 0.25) is 15.9 Å². The number of nitrogens with two attached hydrogens (primary N) is 1. The Bertz CT molecular complexity index is 1270. The second kappa shape index (κ2) is 8.37. The van der Waals surface area contributed by atoms with E-state index >= 15 is 0 Å². The molecule has 0 radical (unpaired) electrons. The van der Waals surface area contributed by atoms with Crippen LogP contribution in [-0.4, -0.2) is 43.1 Å². The van der Waals surface area contributed by atoms with Crippen LogP contribution in [0.4, 0.5) is 0 Å². The first-order valence-electron chi connectivity index (χ1n) is 9.72. The Balaban J connectivity index is 1.47. The lowest BCUT2D eigenvalue weighted by atomic mass is 10.1. The Kier molecular flexibility index (Phi) is 5.62. The number of sulfonamides is 1. The van der Waals surface area contributed by atoms with Gasteiger partial charge in [-0.05, 0) is 58.7 Å². The maximum absolute atomic E-state index is 12.9. The van der Waals surface area contributed by atoms with Crippen molar-refractivity contribution in [3.05, 3.63) is 71.8 Å². The zero-order valence-electron chi connectivity index (χ0n) is 16.6. The number of carbonyl (C=O) groups excluding carboxylic acids is 1. The van der Waals surface area contributed by atoms with Crippen LogP contribution in [0.5, 0.6) is 5.75 Å². The number of carbonyl (C=O) groups is 1. The van der Waals surface area contributed by atoms with Gasteiger partial charge < -0.3 is 15.8 Å². The van der Waals surface area contributed by atoms with Crippen molar-refractivity contribution in [3.8, 4) is 5.75 Å². The first-order valence-corrected chi connectivity index (χ1v) is 11.2. The number of phenolic OH excluding ortho intramolecular Hbond substituents is 1. The van der Waals surface area contributed by atoms with Crippen molar-refractivity contribution in [2.45, 2.75) is 23.9 Å². The fourth-order valence-corrected chi connectivity index (χ4v) is 4.98. The van der Waals surface area contributed by atoms with Crippen molar-refractivity contribution in [3.63, 3.8) is 0 Å². The lowest BCUT2D eigenvalue weighted by molar-refractivity contribution is -0.129. The van der Waals surface area contributed by atoms with E-state index in [2.05, 4.69) is 9.82 Å². The van der Waals surface area contributed by atoms with E-state index in [1.807, 2.05) is 24.3 Å². The van der Waals surface area contributed by atoms with Gasteiger partial charge in [-0.2, -0.15) is 9.82 Å². The standard InChI is InChI=1S/C22H22N4O4S/c23-24-13-15-2-1-3-16(10-15)14-26-9-8-21(22(26)28)25-31(29,30)20-7-5-17-11-19(27)6-4-18(17)12-20/h1-7,10-13,21,25,27H,8-9,14,23H2/t21-/m0/s1. The van der Waals surface area contributed by atoms with Gasteiger partial charge in [-0.1, -0.05) is 30.3 Å². The van der Waals surface area contributed by atoms with Crippen molar-refractivity contribution in [1.82, 2.24) is 9.62 Å². The SMILES string of the molecule is NN=Cc1cccc(CN2CC[C@H](NS(=O)(=O)c3ccc4cc(O)ccc4c3)C2=O)c1. The summed E-state index contributed by atoms with van der Waals surface area (Å²) in [5.74, 6) is 5.04. The van der Waals surface area contributed by atoms with Crippen molar-refractivity contribution >= 4 is 32.9 Å². The molecule has 1 aliphatic rings. The summed E-state index contributed by atoms with van der Waals surface area (Å²) in [5.41, 5.74) is 1.74. The summed E-state index contributed by atoms with van der Waals surface area (Å²) in [5, 5.41) is 14.5. The second-order valence-electron chi connectivity index (χ2n) is 7.44. The number of hydrazone groups is 1. The normalized spacial score (nSPS) is 17.1. The first-order chi connectivity index (χ1) is 14.9. The largest absolute Gasteiger partial charge is 0.508 e. The summed E-state index contributed by atoms with van der Waals surface area (Å²) in [6.45, 7) is 0.834. The Morgan fingerprint density at radius 2 is 1.90 bits per heavy atom. The van der Waals surface area contributed by atoms with Crippen molar-refractivity contribution < 1.29 is 18.3 Å². The summed E-state index contributed by atoms with van der Waals surface area (Å²) in [6.07, 6.45) is 1.92. The Morgan fingerprint density at radius 1 is 1.13 bits per heavy atom. The number of benzene rings is 3. The van der Waals surface area contributed by atoms with E-state index in [-0.39, 0.29) is 16.6 Å². The molecule has 9 heteroatoms. The minimum atomic E-state index is -3.88. The summed E-state index contributed by atoms with van der Waals surface area (Å²) < 4.78 is 28.3. The predicted octanol–water partition coefficient (Wildman–Crippen LogP) is 1.92. The lowest BCUT2D eigenvalue weighted by Gasteiger charge is -2.17. The van der Waals surface area contributed by atoms with E-state index in [1.54, 1.807) is 23.1 Å². The van der Waals surface area contributed by atoms with Crippen LogP contribution in [0.3, 0.4) is 0 Å². The summed E-state index contributed by atoms with van der Waals surface area (Å²) in [7, 11) is -3.88. The van der Waals surface area contributed by atoms with E-state index in [1.165, 1.54) is 24.4 Å². The number of phenols is 1. The first kappa shape index (κ1) is 20.8. The third-order valence-electron chi connectivity index (χ3n) is 5.25. The quantitative estimate of drug-likeness (QED) is 0.308. The Hall–Kier alpha value is -3.43. The molecule has 1 atom stereocenters. The average Bonchev–Trinajstić information content (AvgIpc) is 3.07. The smallest absolute Gasteiger partial charge is 0.241 e. The highest BCUT2D eigenvalue weighted by molar-refractivity contribution is 7.89. The molecule has 1 saturated heterocycles. The van der Waals surface area contributed by atoms with Crippen LogP contribution >= 0.6 is 0 Å². The van der Waals surface area contributed by atoms with Crippen LogP contribution in [0.15, 0.2) is 70.7 Å². The zero-order chi connectivity index (χ0) is 22.0. The number of amides is 1. The van der Waals surface area contributed by atoms with Crippen molar-refractivity contribution in [2.75, 3.05) is 6.54 Å². The minimum absolute atomic E-state index is 0.0747. The van der Waals surface area contributed by atoms with Crippen LogP contribution < -0.4 is 10.6 Å². The third kappa shape index (κ3) is 4.52. The topological polar surface area (TPSA) is 125 Å². The zero-order valence-corrected chi connectivity index (χ0v) is 17.4. The molecule has 4 N–H and O–H groups in total. The number of nitrogens with zero attached hydrogens (tertiary/aromatic N) is 2. The van der Waals surface area contributed by atoms with Crippen LogP contribution in [0, 0.1) is 0 Å². The fraction of sp³-hybridized carbons (Fsp3) is 0.182. The van der Waals surface area contributed by atoms with Crippen molar-refractivity contribution in [1.29, 1.82) is 0 Å².